The Balaban J connectivity index is 1.53. The second-order valence-corrected chi connectivity index (χ2v) is 10.8. The molecule has 1 amide bonds. The zero-order valence-corrected chi connectivity index (χ0v) is 18.2. The molecule has 0 spiro atoms. The van der Waals surface area contributed by atoms with Crippen LogP contribution in [0.15, 0.2) is 34.7 Å². The molecule has 28 heavy (non-hydrogen) atoms. The Morgan fingerprint density at radius 3 is 2.82 bits per heavy atom. The van der Waals surface area contributed by atoms with Gasteiger partial charge in [-0.05, 0) is 37.5 Å². The molecular formula is C18H24N4O3S3. The van der Waals surface area contributed by atoms with Crippen molar-refractivity contribution in [1.29, 1.82) is 0 Å². The number of piperidine rings is 1. The number of anilines is 1. The Hall–Kier alpha value is -1.49. The lowest BCUT2D eigenvalue weighted by Crippen LogP contribution is -2.44. The van der Waals surface area contributed by atoms with E-state index >= 15 is 0 Å². The van der Waals surface area contributed by atoms with Gasteiger partial charge in [0.05, 0.1) is 11.7 Å². The Morgan fingerprint density at radius 2 is 2.11 bits per heavy atom. The van der Waals surface area contributed by atoms with Crippen LogP contribution in [0.4, 0.5) is 5.13 Å². The predicted molar refractivity (Wildman–Crippen MR) is 113 cm³/mol. The number of thioether (sulfide) groups is 1. The highest BCUT2D eigenvalue weighted by Crippen LogP contribution is 2.25. The van der Waals surface area contributed by atoms with Gasteiger partial charge in [-0.25, -0.2) is 12.7 Å². The molecule has 2 heterocycles. The first kappa shape index (κ1) is 21.2. The van der Waals surface area contributed by atoms with Gasteiger partial charge in [-0.3, -0.25) is 4.79 Å². The number of nitrogens with one attached hydrogen (secondary N) is 1. The molecule has 1 saturated heterocycles. The lowest BCUT2D eigenvalue weighted by molar-refractivity contribution is -0.120. The van der Waals surface area contributed by atoms with Crippen LogP contribution in [0.3, 0.4) is 0 Å². The summed E-state index contributed by atoms with van der Waals surface area (Å²) in [7, 11) is -3.37. The topological polar surface area (TPSA) is 92.3 Å². The summed E-state index contributed by atoms with van der Waals surface area (Å²) < 4.78 is 27.7. The van der Waals surface area contributed by atoms with Gasteiger partial charge in [-0.15, -0.1) is 10.2 Å². The SMILES string of the molecule is CSc1nnc(NC(=O)C2CCCN(S(=O)(=O)CCCc3ccccc3)C2)s1. The molecule has 10 heteroatoms. The van der Waals surface area contributed by atoms with Crippen molar-refractivity contribution in [3.8, 4) is 0 Å². The lowest BCUT2D eigenvalue weighted by Gasteiger charge is -2.31. The summed E-state index contributed by atoms with van der Waals surface area (Å²) >= 11 is 2.79. The number of aryl methyl sites for hydroxylation is 1. The van der Waals surface area contributed by atoms with E-state index in [9.17, 15) is 13.2 Å². The van der Waals surface area contributed by atoms with Gasteiger partial charge < -0.3 is 5.32 Å². The molecule has 1 aromatic heterocycles. The van der Waals surface area contributed by atoms with E-state index < -0.39 is 10.0 Å². The van der Waals surface area contributed by atoms with Crippen LogP contribution in [-0.4, -0.2) is 53.9 Å². The maximum atomic E-state index is 12.7. The van der Waals surface area contributed by atoms with Crippen LogP contribution in [0.1, 0.15) is 24.8 Å². The van der Waals surface area contributed by atoms with Crippen molar-refractivity contribution in [1.82, 2.24) is 14.5 Å². The van der Waals surface area contributed by atoms with Crippen LogP contribution in [0.25, 0.3) is 0 Å². The maximum Gasteiger partial charge on any atom is 0.230 e. The van der Waals surface area contributed by atoms with Gasteiger partial charge in [0.25, 0.3) is 0 Å². The average molecular weight is 441 g/mol. The van der Waals surface area contributed by atoms with E-state index in [1.54, 1.807) is 0 Å². The molecule has 0 aliphatic carbocycles. The van der Waals surface area contributed by atoms with E-state index in [2.05, 4.69) is 15.5 Å². The van der Waals surface area contributed by atoms with E-state index in [0.29, 0.717) is 30.9 Å². The van der Waals surface area contributed by atoms with Crippen LogP contribution in [0.5, 0.6) is 0 Å². The number of nitrogens with zero attached hydrogens (tertiary/aromatic N) is 3. The molecule has 1 fully saturated rings. The van der Waals surface area contributed by atoms with Crippen molar-refractivity contribution < 1.29 is 13.2 Å². The van der Waals surface area contributed by atoms with Crippen molar-refractivity contribution in [2.24, 2.45) is 5.92 Å². The summed E-state index contributed by atoms with van der Waals surface area (Å²) in [6.07, 6.45) is 4.56. The van der Waals surface area contributed by atoms with Gasteiger partial charge in [-0.2, -0.15) is 0 Å². The fourth-order valence-electron chi connectivity index (χ4n) is 3.19. The average Bonchev–Trinajstić information content (AvgIpc) is 3.16. The fraction of sp³-hybridized carbons (Fsp3) is 0.500. The minimum Gasteiger partial charge on any atom is -0.300 e. The van der Waals surface area contributed by atoms with Crippen LogP contribution in [0, 0.1) is 5.92 Å². The number of hydrogen-bond acceptors (Lipinski definition) is 7. The van der Waals surface area contributed by atoms with Crippen LogP contribution < -0.4 is 5.32 Å². The summed E-state index contributed by atoms with van der Waals surface area (Å²) in [6, 6.07) is 9.87. The molecule has 3 rings (SSSR count). The van der Waals surface area contributed by atoms with Crippen molar-refractivity contribution in [2.75, 3.05) is 30.4 Å². The van der Waals surface area contributed by atoms with Crippen molar-refractivity contribution in [2.45, 2.75) is 30.0 Å². The molecule has 1 aliphatic heterocycles. The van der Waals surface area contributed by atoms with E-state index in [1.165, 1.54) is 27.4 Å². The summed E-state index contributed by atoms with van der Waals surface area (Å²) in [6.45, 7) is 0.709. The van der Waals surface area contributed by atoms with Gasteiger partial charge in [0.1, 0.15) is 0 Å². The molecule has 152 valence electrons. The summed E-state index contributed by atoms with van der Waals surface area (Å²) in [5, 5.41) is 11.1. The number of rotatable bonds is 8. The molecule has 2 aromatic rings. The number of carbonyl (C=O) groups is 1. The van der Waals surface area contributed by atoms with E-state index in [-0.39, 0.29) is 24.1 Å². The number of amides is 1. The lowest BCUT2D eigenvalue weighted by atomic mass is 9.99. The molecule has 1 N–H and O–H groups in total. The molecule has 1 unspecified atom stereocenters. The largest absolute Gasteiger partial charge is 0.300 e. The number of sulfonamides is 1. The third-order valence-electron chi connectivity index (χ3n) is 4.67. The van der Waals surface area contributed by atoms with Gasteiger partial charge in [0.2, 0.25) is 21.1 Å². The monoisotopic (exact) mass is 440 g/mol. The fourth-order valence-corrected chi connectivity index (χ4v) is 5.95. The standard InChI is InChI=1S/C18H24N4O3S3/c1-26-18-21-20-17(27-18)19-16(23)15-10-5-11-22(13-15)28(24,25)12-6-9-14-7-3-2-4-8-14/h2-4,7-8,15H,5-6,9-13H2,1H3,(H,19,20,23). The highest BCUT2D eigenvalue weighted by molar-refractivity contribution is 8.00. The van der Waals surface area contributed by atoms with Gasteiger partial charge in [0.15, 0.2) is 4.34 Å². The normalized spacial score (nSPS) is 18.1. The van der Waals surface area contributed by atoms with Crippen molar-refractivity contribution in [3.05, 3.63) is 35.9 Å². The first-order valence-corrected chi connectivity index (χ1v) is 12.8. The van der Waals surface area contributed by atoms with Gasteiger partial charge >= 0.3 is 0 Å². The van der Waals surface area contributed by atoms with Crippen LogP contribution in [-0.2, 0) is 21.2 Å². The van der Waals surface area contributed by atoms with E-state index in [4.69, 9.17) is 0 Å². The van der Waals surface area contributed by atoms with E-state index in [1.807, 2.05) is 36.6 Å². The quantitative estimate of drug-likeness (QED) is 0.501. The molecule has 1 atom stereocenters. The van der Waals surface area contributed by atoms with E-state index in [0.717, 1.165) is 16.3 Å². The molecule has 1 aliphatic rings. The first-order chi connectivity index (χ1) is 13.5. The molecule has 0 saturated carbocycles. The maximum absolute atomic E-state index is 12.7. The third-order valence-corrected chi connectivity index (χ3v) is 8.41. The molecular weight excluding hydrogens is 416 g/mol. The molecule has 7 nitrogen and oxygen atoms in total. The second-order valence-electron chi connectivity index (χ2n) is 6.67. The first-order valence-electron chi connectivity index (χ1n) is 9.18. The van der Waals surface area contributed by atoms with Crippen molar-refractivity contribution >= 4 is 44.2 Å². The number of carbonyl (C=O) groups excluding carboxylic acids is 1. The molecule has 0 bridgehead atoms. The van der Waals surface area contributed by atoms with Crippen LogP contribution >= 0.6 is 23.1 Å². The minimum absolute atomic E-state index is 0.101. The smallest absolute Gasteiger partial charge is 0.230 e. The Morgan fingerprint density at radius 1 is 1.32 bits per heavy atom. The third kappa shape index (κ3) is 5.76. The van der Waals surface area contributed by atoms with Gasteiger partial charge in [0, 0.05) is 13.1 Å². The Bertz CT molecular complexity index is 886. The van der Waals surface area contributed by atoms with Gasteiger partial charge in [-0.1, -0.05) is 53.4 Å². The van der Waals surface area contributed by atoms with Crippen molar-refractivity contribution in [3.63, 3.8) is 0 Å². The molecule has 1 aromatic carbocycles. The zero-order valence-electron chi connectivity index (χ0n) is 15.7. The Kier molecular flexibility index (Phi) is 7.44. The minimum atomic E-state index is -3.37. The highest BCUT2D eigenvalue weighted by atomic mass is 32.2. The summed E-state index contributed by atoms with van der Waals surface area (Å²) in [4.78, 5) is 12.5. The number of benzene rings is 1. The molecule has 0 radical (unpaired) electrons. The summed E-state index contributed by atoms with van der Waals surface area (Å²) in [5.74, 6) is -0.448. The predicted octanol–water partition coefficient (Wildman–Crippen LogP) is 2.87. The Labute approximate surface area is 174 Å². The zero-order chi connectivity index (χ0) is 20.0. The number of aromatic nitrogens is 2. The second kappa shape index (κ2) is 9.82. The summed E-state index contributed by atoms with van der Waals surface area (Å²) in [5.41, 5.74) is 1.13. The van der Waals surface area contributed by atoms with Crippen LogP contribution in [0.2, 0.25) is 0 Å². The highest BCUT2D eigenvalue weighted by Gasteiger charge is 2.32. The number of hydrogen-bond donors (Lipinski definition) is 1.